The van der Waals surface area contributed by atoms with E-state index in [0.717, 1.165) is 18.5 Å². The number of rotatable bonds is 2. The fourth-order valence-corrected chi connectivity index (χ4v) is 4.00. The molecule has 3 aromatic rings. The first-order chi connectivity index (χ1) is 14.3. The largest absolute Gasteiger partial charge is 0.350 e. The van der Waals surface area contributed by atoms with Crippen LogP contribution in [-0.2, 0) is 13.1 Å². The number of halogens is 4. The van der Waals surface area contributed by atoms with Gasteiger partial charge in [0.1, 0.15) is 11.3 Å². The number of aromatic nitrogens is 4. The van der Waals surface area contributed by atoms with E-state index < -0.39 is 11.9 Å². The highest BCUT2D eigenvalue weighted by atomic mass is 79.9. The van der Waals surface area contributed by atoms with E-state index in [1.165, 1.54) is 11.0 Å². The second-order valence-corrected chi connectivity index (χ2v) is 8.47. The predicted octanol–water partition coefficient (Wildman–Crippen LogP) is 4.02. The monoisotopic (exact) mass is 498 g/mol. The summed E-state index contributed by atoms with van der Waals surface area (Å²) in [6.45, 7) is 1.58. The van der Waals surface area contributed by atoms with Gasteiger partial charge in [0.15, 0.2) is 11.5 Å². The average Bonchev–Trinajstić information content (AvgIpc) is 3.07. The molecule has 158 valence electrons. The van der Waals surface area contributed by atoms with Gasteiger partial charge < -0.3 is 9.80 Å². The molecule has 0 fully saturated rings. The van der Waals surface area contributed by atoms with E-state index >= 15 is 0 Å². The Morgan fingerprint density at radius 2 is 1.93 bits per heavy atom. The molecule has 0 aliphatic carbocycles. The number of hydrogen-bond donors (Lipinski definition) is 0. The van der Waals surface area contributed by atoms with Gasteiger partial charge in [-0.05, 0) is 40.9 Å². The number of carbonyl (C=O) groups excluding carboxylic acids is 1. The van der Waals surface area contributed by atoms with E-state index in [1.807, 2.05) is 4.90 Å². The maximum Gasteiger partial charge on any atom is 0.311 e. The lowest BCUT2D eigenvalue weighted by molar-refractivity contribution is 0.0821. The summed E-state index contributed by atoms with van der Waals surface area (Å²) in [5.74, 6) is -0.685. The summed E-state index contributed by atoms with van der Waals surface area (Å²) in [5.41, 5.74) is 0.983. The molecule has 3 heterocycles. The molecule has 1 amide bonds. The molecular formula is C19H18BrClF2N6O. The third-order valence-electron chi connectivity index (χ3n) is 4.97. The number of anilines is 1. The zero-order valence-electron chi connectivity index (χ0n) is 16.3. The van der Waals surface area contributed by atoms with Crippen LogP contribution in [0.2, 0.25) is 5.02 Å². The van der Waals surface area contributed by atoms with E-state index in [2.05, 4.69) is 31.0 Å². The first-order valence-electron chi connectivity index (χ1n) is 9.30. The lowest BCUT2D eigenvalue weighted by Gasteiger charge is -2.27. The summed E-state index contributed by atoms with van der Waals surface area (Å²) in [6, 6.07) is 3.25. The van der Waals surface area contributed by atoms with Gasteiger partial charge >= 0.3 is 6.08 Å². The second-order valence-electron chi connectivity index (χ2n) is 7.27. The molecule has 0 bridgehead atoms. The van der Waals surface area contributed by atoms with Gasteiger partial charge in [-0.3, -0.25) is 9.48 Å². The standard InChI is InChI=1S/C19H18BrClF2N6O/c1-27(2)18(30)13-7-10-9-28(5-3-4-6-29(10)26-13)17-11-8-12(21)14(20)15(22)16(11)24-19(23)25-17/h7-8H,3-6,9H2,1-2H3. The second kappa shape index (κ2) is 8.07. The maximum atomic E-state index is 14.7. The number of carbonyl (C=O) groups is 1. The Morgan fingerprint density at radius 1 is 1.20 bits per heavy atom. The van der Waals surface area contributed by atoms with Crippen LogP contribution >= 0.6 is 27.5 Å². The van der Waals surface area contributed by atoms with Crippen molar-refractivity contribution in [2.24, 2.45) is 0 Å². The topological polar surface area (TPSA) is 67.2 Å². The number of hydrogen-bond acceptors (Lipinski definition) is 5. The number of amides is 1. The number of fused-ring (bicyclic) bond motifs is 2. The molecule has 0 spiro atoms. The third-order valence-corrected chi connectivity index (χ3v) is 6.27. The lowest BCUT2D eigenvalue weighted by atomic mass is 10.1. The first-order valence-corrected chi connectivity index (χ1v) is 10.5. The SMILES string of the molecule is CN(C)C(=O)c1cc2n(n1)CCCCN(c1nc(F)nc3c(F)c(Br)c(Cl)cc13)C2. The van der Waals surface area contributed by atoms with Gasteiger partial charge in [0.2, 0.25) is 0 Å². The van der Waals surface area contributed by atoms with Crippen LogP contribution in [0, 0.1) is 11.9 Å². The highest BCUT2D eigenvalue weighted by Crippen LogP contribution is 2.35. The van der Waals surface area contributed by atoms with E-state index in [-0.39, 0.29) is 26.7 Å². The molecular weight excluding hydrogens is 482 g/mol. The summed E-state index contributed by atoms with van der Waals surface area (Å²) in [6.07, 6.45) is 0.577. The molecule has 0 saturated carbocycles. The maximum absolute atomic E-state index is 14.7. The van der Waals surface area contributed by atoms with Crippen LogP contribution in [0.3, 0.4) is 0 Å². The van der Waals surface area contributed by atoms with Crippen LogP contribution < -0.4 is 4.90 Å². The van der Waals surface area contributed by atoms with E-state index in [4.69, 9.17) is 11.6 Å². The minimum Gasteiger partial charge on any atom is -0.350 e. The van der Waals surface area contributed by atoms with Crippen molar-refractivity contribution >= 4 is 50.2 Å². The molecule has 0 radical (unpaired) electrons. The van der Waals surface area contributed by atoms with E-state index in [1.54, 1.807) is 24.8 Å². The van der Waals surface area contributed by atoms with Crippen molar-refractivity contribution in [2.75, 3.05) is 25.5 Å². The minimum absolute atomic E-state index is 0.0262. The van der Waals surface area contributed by atoms with Gasteiger partial charge in [-0.2, -0.15) is 19.5 Å². The van der Waals surface area contributed by atoms with Crippen molar-refractivity contribution < 1.29 is 13.6 Å². The Hall–Kier alpha value is -2.33. The van der Waals surface area contributed by atoms with Gasteiger partial charge in [-0.1, -0.05) is 11.6 Å². The summed E-state index contributed by atoms with van der Waals surface area (Å²) < 4.78 is 30.7. The molecule has 2 aromatic heterocycles. The van der Waals surface area contributed by atoms with E-state index in [0.29, 0.717) is 30.7 Å². The molecule has 0 saturated heterocycles. The quantitative estimate of drug-likeness (QED) is 0.394. The molecule has 1 aromatic carbocycles. The highest BCUT2D eigenvalue weighted by Gasteiger charge is 2.24. The zero-order chi connectivity index (χ0) is 21.6. The van der Waals surface area contributed by atoms with Crippen molar-refractivity contribution in [3.05, 3.63) is 44.9 Å². The molecule has 4 rings (SSSR count). The van der Waals surface area contributed by atoms with Crippen molar-refractivity contribution in [3.63, 3.8) is 0 Å². The van der Waals surface area contributed by atoms with Crippen LogP contribution in [0.5, 0.6) is 0 Å². The summed E-state index contributed by atoms with van der Waals surface area (Å²) in [7, 11) is 3.33. The zero-order valence-corrected chi connectivity index (χ0v) is 18.6. The van der Waals surface area contributed by atoms with Gasteiger partial charge in [0.25, 0.3) is 5.91 Å². The van der Waals surface area contributed by atoms with E-state index in [9.17, 15) is 13.6 Å². The van der Waals surface area contributed by atoms with Crippen molar-refractivity contribution in [2.45, 2.75) is 25.9 Å². The van der Waals surface area contributed by atoms with Crippen LogP contribution in [-0.4, -0.2) is 51.2 Å². The van der Waals surface area contributed by atoms with Crippen molar-refractivity contribution in [1.82, 2.24) is 24.6 Å². The Bertz CT molecular complexity index is 1150. The normalized spacial score (nSPS) is 14.4. The number of benzene rings is 1. The lowest BCUT2D eigenvalue weighted by Crippen LogP contribution is -2.29. The molecule has 11 heteroatoms. The highest BCUT2D eigenvalue weighted by molar-refractivity contribution is 9.10. The Kier molecular flexibility index (Phi) is 5.63. The van der Waals surface area contributed by atoms with Gasteiger partial charge in [0.05, 0.1) is 21.7 Å². The molecule has 30 heavy (non-hydrogen) atoms. The molecule has 7 nitrogen and oxygen atoms in total. The van der Waals surface area contributed by atoms with Gasteiger partial charge in [-0.25, -0.2) is 4.39 Å². The van der Waals surface area contributed by atoms with Crippen LogP contribution in [0.1, 0.15) is 29.0 Å². The Balaban J connectivity index is 1.81. The molecule has 1 aliphatic rings. The summed E-state index contributed by atoms with van der Waals surface area (Å²) in [4.78, 5) is 23.2. The molecule has 0 atom stereocenters. The third kappa shape index (κ3) is 3.74. The van der Waals surface area contributed by atoms with Crippen molar-refractivity contribution in [1.29, 1.82) is 0 Å². The van der Waals surface area contributed by atoms with Crippen molar-refractivity contribution in [3.8, 4) is 0 Å². The Labute approximate surface area is 184 Å². The predicted molar refractivity (Wildman–Crippen MR) is 113 cm³/mol. The number of nitrogens with zero attached hydrogens (tertiary/aromatic N) is 6. The van der Waals surface area contributed by atoms with Crippen LogP contribution in [0.4, 0.5) is 14.6 Å². The van der Waals surface area contributed by atoms with Gasteiger partial charge in [-0.15, -0.1) is 0 Å². The summed E-state index contributed by atoms with van der Waals surface area (Å²) >= 11 is 9.21. The fourth-order valence-electron chi connectivity index (χ4n) is 3.50. The first kappa shape index (κ1) is 20.9. The molecule has 1 aliphatic heterocycles. The van der Waals surface area contributed by atoms with Crippen LogP contribution in [0.25, 0.3) is 10.9 Å². The minimum atomic E-state index is -1.02. The van der Waals surface area contributed by atoms with Gasteiger partial charge in [0, 0.05) is 32.6 Å². The summed E-state index contributed by atoms with van der Waals surface area (Å²) in [5, 5.41) is 4.89. The fraction of sp³-hybridized carbons (Fsp3) is 0.368. The van der Waals surface area contributed by atoms with Crippen LogP contribution in [0.15, 0.2) is 16.6 Å². The smallest absolute Gasteiger partial charge is 0.311 e. The number of aryl methyl sites for hydroxylation is 1. The Morgan fingerprint density at radius 3 is 2.67 bits per heavy atom. The average molecular weight is 500 g/mol. The molecule has 0 N–H and O–H groups in total. The molecule has 0 unspecified atom stereocenters.